The predicted octanol–water partition coefficient (Wildman–Crippen LogP) is 2.74. The van der Waals surface area contributed by atoms with Gasteiger partial charge in [-0.25, -0.2) is 4.79 Å². The molecule has 18 heavy (non-hydrogen) atoms. The van der Waals surface area contributed by atoms with Gasteiger partial charge in [0.2, 0.25) is 0 Å². The van der Waals surface area contributed by atoms with Crippen molar-refractivity contribution in [2.24, 2.45) is 0 Å². The molecule has 0 spiro atoms. The summed E-state index contributed by atoms with van der Waals surface area (Å²) in [6.07, 6.45) is -4.85. The van der Waals surface area contributed by atoms with Crippen molar-refractivity contribution in [2.45, 2.75) is 6.18 Å². The van der Waals surface area contributed by atoms with E-state index in [0.29, 0.717) is 6.07 Å². The summed E-state index contributed by atoms with van der Waals surface area (Å²) < 4.78 is 42.8. The number of halogens is 4. The van der Waals surface area contributed by atoms with Crippen molar-refractivity contribution in [3.05, 3.63) is 27.7 Å². The number of methoxy groups -OCH3 is 1. The van der Waals surface area contributed by atoms with Crippen molar-refractivity contribution < 1.29 is 32.6 Å². The molecule has 0 bridgehead atoms. The van der Waals surface area contributed by atoms with Gasteiger partial charge in [0.1, 0.15) is 5.75 Å². The number of carbonyl (C=O) groups is 2. The molecule has 0 fully saturated rings. The van der Waals surface area contributed by atoms with Gasteiger partial charge < -0.3 is 9.84 Å². The van der Waals surface area contributed by atoms with Crippen molar-refractivity contribution in [3.63, 3.8) is 0 Å². The third-order valence-electron chi connectivity index (χ3n) is 2.04. The minimum atomic E-state index is -4.85. The number of aliphatic carboxylic acids is 1. The number of alkyl halides is 3. The van der Waals surface area contributed by atoms with Crippen LogP contribution in [-0.4, -0.2) is 24.0 Å². The highest BCUT2D eigenvalue weighted by Gasteiger charge is 2.37. The van der Waals surface area contributed by atoms with Crippen LogP contribution in [-0.2, 0) is 11.0 Å². The Morgan fingerprint density at radius 1 is 1.33 bits per heavy atom. The van der Waals surface area contributed by atoms with Gasteiger partial charge in [0, 0.05) is 5.56 Å². The molecular weight excluding hydrogens is 321 g/mol. The van der Waals surface area contributed by atoms with Gasteiger partial charge in [-0.15, -0.1) is 0 Å². The Hall–Kier alpha value is -1.57. The fourth-order valence-electron chi connectivity index (χ4n) is 1.25. The molecule has 0 saturated carbocycles. The maximum atomic E-state index is 12.7. The van der Waals surface area contributed by atoms with E-state index in [-0.39, 0.29) is 10.2 Å². The lowest BCUT2D eigenvalue weighted by atomic mass is 10.0. The van der Waals surface area contributed by atoms with E-state index in [0.717, 1.165) is 13.2 Å². The first-order chi connectivity index (χ1) is 8.18. The van der Waals surface area contributed by atoms with Crippen molar-refractivity contribution in [3.8, 4) is 5.75 Å². The molecule has 0 radical (unpaired) electrons. The molecule has 1 aromatic rings. The number of carboxylic acid groups (broad SMARTS) is 1. The first-order valence-electron chi connectivity index (χ1n) is 4.40. The molecule has 0 amide bonds. The van der Waals surface area contributed by atoms with E-state index in [2.05, 4.69) is 20.7 Å². The summed E-state index contributed by atoms with van der Waals surface area (Å²) in [5.74, 6) is -3.74. The molecule has 4 nitrogen and oxygen atoms in total. The van der Waals surface area contributed by atoms with Gasteiger partial charge >= 0.3 is 12.1 Å². The van der Waals surface area contributed by atoms with E-state index in [1.807, 2.05) is 0 Å². The Morgan fingerprint density at radius 2 is 1.89 bits per heavy atom. The fourth-order valence-corrected chi connectivity index (χ4v) is 1.75. The summed E-state index contributed by atoms with van der Waals surface area (Å²) in [6, 6.07) is 1.35. The molecule has 0 atom stereocenters. The van der Waals surface area contributed by atoms with E-state index in [1.54, 1.807) is 0 Å². The highest BCUT2D eigenvalue weighted by atomic mass is 79.9. The summed E-state index contributed by atoms with van der Waals surface area (Å²) in [7, 11) is 1.15. The second kappa shape index (κ2) is 4.97. The molecule has 0 saturated heterocycles. The number of benzene rings is 1. The molecule has 0 aliphatic carbocycles. The van der Waals surface area contributed by atoms with Crippen molar-refractivity contribution in [1.82, 2.24) is 0 Å². The van der Waals surface area contributed by atoms with Gasteiger partial charge in [0.05, 0.1) is 17.1 Å². The van der Waals surface area contributed by atoms with Gasteiger partial charge in [0.15, 0.2) is 0 Å². The summed E-state index contributed by atoms with van der Waals surface area (Å²) in [4.78, 5) is 21.7. The van der Waals surface area contributed by atoms with Crippen LogP contribution in [0.4, 0.5) is 13.2 Å². The zero-order chi connectivity index (χ0) is 14.1. The number of ether oxygens (including phenoxy) is 1. The first kappa shape index (κ1) is 14.5. The molecule has 0 heterocycles. The quantitative estimate of drug-likeness (QED) is 0.685. The number of carboxylic acids is 1. The van der Waals surface area contributed by atoms with Crippen LogP contribution in [0.25, 0.3) is 0 Å². The van der Waals surface area contributed by atoms with E-state index in [9.17, 15) is 22.8 Å². The largest absolute Gasteiger partial charge is 0.496 e. The molecule has 0 aromatic heterocycles. The standard InChI is InChI=1S/C10H6BrF3O4/c1-18-7-3-5(10(12,13)14)4(2-6(7)11)8(15)9(16)17/h2-3H,1H3,(H,16,17). The predicted molar refractivity (Wildman–Crippen MR) is 57.7 cm³/mol. The lowest BCUT2D eigenvalue weighted by Crippen LogP contribution is -2.19. The molecule has 0 unspecified atom stereocenters. The summed E-state index contributed by atoms with van der Waals surface area (Å²) >= 11 is 2.89. The van der Waals surface area contributed by atoms with E-state index in [4.69, 9.17) is 5.11 Å². The fraction of sp³-hybridized carbons (Fsp3) is 0.200. The lowest BCUT2D eigenvalue weighted by molar-refractivity contribution is -0.138. The van der Waals surface area contributed by atoms with Crippen molar-refractivity contribution in [1.29, 1.82) is 0 Å². The second-order valence-electron chi connectivity index (χ2n) is 3.16. The van der Waals surface area contributed by atoms with Crippen LogP contribution in [0.3, 0.4) is 0 Å². The molecule has 1 N–H and O–H groups in total. The van der Waals surface area contributed by atoms with Gasteiger partial charge in [-0.2, -0.15) is 13.2 Å². The summed E-state index contributed by atoms with van der Waals surface area (Å²) in [6.45, 7) is 0. The van der Waals surface area contributed by atoms with Crippen LogP contribution in [0, 0.1) is 0 Å². The first-order valence-corrected chi connectivity index (χ1v) is 5.20. The van der Waals surface area contributed by atoms with Crippen molar-refractivity contribution >= 4 is 27.7 Å². The molecule has 1 aromatic carbocycles. The SMILES string of the molecule is COc1cc(C(F)(F)F)c(C(=O)C(=O)O)cc1Br. The number of hydrogen-bond acceptors (Lipinski definition) is 3. The second-order valence-corrected chi connectivity index (χ2v) is 4.02. The van der Waals surface area contributed by atoms with Crippen molar-refractivity contribution in [2.75, 3.05) is 7.11 Å². The molecule has 1 rings (SSSR count). The minimum absolute atomic E-state index is 0.0580. The maximum Gasteiger partial charge on any atom is 0.417 e. The number of carbonyl (C=O) groups excluding carboxylic acids is 1. The van der Waals surface area contributed by atoms with Crippen LogP contribution in [0.2, 0.25) is 0 Å². The Labute approximate surface area is 107 Å². The normalized spacial score (nSPS) is 11.2. The maximum absolute atomic E-state index is 12.7. The molecular formula is C10H6BrF3O4. The molecule has 98 valence electrons. The number of Topliss-reactive ketones (excluding diaryl/α,β-unsaturated/α-hetero) is 1. The zero-order valence-electron chi connectivity index (χ0n) is 8.84. The smallest absolute Gasteiger partial charge is 0.417 e. The highest BCUT2D eigenvalue weighted by Crippen LogP contribution is 2.38. The third kappa shape index (κ3) is 2.81. The summed E-state index contributed by atoms with van der Waals surface area (Å²) in [5.41, 5.74) is -2.29. The average molecular weight is 327 g/mol. The number of rotatable bonds is 3. The molecule has 0 aliphatic rings. The topological polar surface area (TPSA) is 63.6 Å². The van der Waals surface area contributed by atoms with E-state index in [1.165, 1.54) is 0 Å². The zero-order valence-corrected chi connectivity index (χ0v) is 10.4. The van der Waals surface area contributed by atoms with Gasteiger partial charge in [-0.3, -0.25) is 4.79 Å². The van der Waals surface area contributed by atoms with Crippen LogP contribution >= 0.6 is 15.9 Å². The van der Waals surface area contributed by atoms with Crippen LogP contribution < -0.4 is 4.74 Å². The highest BCUT2D eigenvalue weighted by molar-refractivity contribution is 9.10. The average Bonchev–Trinajstić information content (AvgIpc) is 2.25. The van der Waals surface area contributed by atoms with Crippen LogP contribution in [0.5, 0.6) is 5.75 Å². The summed E-state index contributed by atoms with van der Waals surface area (Å²) in [5, 5.41) is 8.48. The van der Waals surface area contributed by atoms with Gasteiger partial charge in [0.25, 0.3) is 5.78 Å². The Bertz CT molecular complexity index is 511. The van der Waals surface area contributed by atoms with Crippen LogP contribution in [0.1, 0.15) is 15.9 Å². The minimum Gasteiger partial charge on any atom is -0.496 e. The Kier molecular flexibility index (Phi) is 4.00. The van der Waals surface area contributed by atoms with Gasteiger partial charge in [-0.1, -0.05) is 0 Å². The monoisotopic (exact) mass is 326 g/mol. The van der Waals surface area contributed by atoms with Crippen LogP contribution in [0.15, 0.2) is 16.6 Å². The third-order valence-corrected chi connectivity index (χ3v) is 2.66. The van der Waals surface area contributed by atoms with E-state index < -0.39 is 29.1 Å². The number of hydrogen-bond donors (Lipinski definition) is 1. The number of ketones is 1. The lowest BCUT2D eigenvalue weighted by Gasteiger charge is -2.13. The van der Waals surface area contributed by atoms with E-state index >= 15 is 0 Å². The Morgan fingerprint density at radius 3 is 2.28 bits per heavy atom. The molecule has 8 heteroatoms. The molecule has 0 aliphatic heterocycles. The Balaban J connectivity index is 3.54. The van der Waals surface area contributed by atoms with Gasteiger partial charge in [-0.05, 0) is 28.1 Å².